The molecule has 4 nitrogen and oxygen atoms in total. The van der Waals surface area contributed by atoms with Crippen LogP contribution in [0.2, 0.25) is 0 Å². The Balaban J connectivity index is 2.00. The Morgan fingerprint density at radius 3 is 2.26 bits per heavy atom. The lowest BCUT2D eigenvalue weighted by molar-refractivity contribution is 0.100. The molecular weight excluding hydrogens is 341 g/mol. The fraction of sp³-hybridized carbons (Fsp3) is 0. The van der Waals surface area contributed by atoms with Crippen LogP contribution < -0.4 is 5.73 Å². The Labute approximate surface area is 155 Å². The van der Waals surface area contributed by atoms with E-state index in [1.54, 1.807) is 42.7 Å². The molecule has 3 N–H and O–H groups in total. The van der Waals surface area contributed by atoms with Gasteiger partial charge in [0.05, 0.1) is 5.69 Å². The van der Waals surface area contributed by atoms with Gasteiger partial charge in [-0.25, -0.2) is 4.39 Å². The molecule has 0 radical (unpaired) electrons. The molecule has 0 aliphatic carbocycles. The third-order valence-corrected chi connectivity index (χ3v) is 4.43. The Morgan fingerprint density at radius 2 is 1.56 bits per heavy atom. The second kappa shape index (κ2) is 6.88. The minimum absolute atomic E-state index is 0.349. The van der Waals surface area contributed by atoms with Gasteiger partial charge in [0.2, 0.25) is 5.91 Å². The van der Waals surface area contributed by atoms with E-state index >= 15 is 0 Å². The highest BCUT2D eigenvalue weighted by atomic mass is 19.1. The lowest BCUT2D eigenvalue weighted by Crippen LogP contribution is -2.12. The highest BCUT2D eigenvalue weighted by molar-refractivity contribution is 6.02. The van der Waals surface area contributed by atoms with Gasteiger partial charge >= 0.3 is 0 Å². The van der Waals surface area contributed by atoms with Crippen LogP contribution in [0.25, 0.3) is 33.6 Å². The number of H-pyrrole nitrogens is 1. The van der Waals surface area contributed by atoms with E-state index < -0.39 is 5.91 Å². The van der Waals surface area contributed by atoms with Crippen molar-refractivity contribution in [3.8, 4) is 33.6 Å². The maximum atomic E-state index is 14.5. The highest BCUT2D eigenvalue weighted by Gasteiger charge is 2.19. The number of halogens is 1. The number of carbonyl (C=O) groups is 1. The van der Waals surface area contributed by atoms with Crippen molar-refractivity contribution < 1.29 is 9.18 Å². The van der Waals surface area contributed by atoms with Crippen molar-refractivity contribution in [2.75, 3.05) is 0 Å². The monoisotopic (exact) mass is 357 g/mol. The number of amides is 1. The van der Waals surface area contributed by atoms with Crippen LogP contribution in [0.5, 0.6) is 0 Å². The molecule has 1 amide bonds. The van der Waals surface area contributed by atoms with Crippen LogP contribution in [0.15, 0.2) is 79.1 Å². The number of carbonyl (C=O) groups excluding carboxylic acids is 1. The number of benzene rings is 2. The van der Waals surface area contributed by atoms with Crippen LogP contribution in [0.4, 0.5) is 4.39 Å². The van der Waals surface area contributed by atoms with Crippen LogP contribution >= 0.6 is 0 Å². The topological polar surface area (TPSA) is 71.8 Å². The molecule has 0 bridgehead atoms. The van der Waals surface area contributed by atoms with Gasteiger partial charge in [-0.3, -0.25) is 9.78 Å². The molecule has 4 rings (SSSR count). The average Bonchev–Trinajstić information content (AvgIpc) is 3.14. The first kappa shape index (κ1) is 16.7. The minimum Gasteiger partial charge on any atom is -0.366 e. The molecular formula is C22H16FN3O. The summed E-state index contributed by atoms with van der Waals surface area (Å²) in [6.45, 7) is 0. The fourth-order valence-corrected chi connectivity index (χ4v) is 3.16. The van der Waals surface area contributed by atoms with Crippen LogP contribution in [-0.4, -0.2) is 15.9 Å². The third kappa shape index (κ3) is 3.11. The Bertz CT molecular complexity index is 1120. The Kier molecular flexibility index (Phi) is 4.26. The smallest absolute Gasteiger partial charge is 0.249 e. The first-order chi connectivity index (χ1) is 13.1. The molecule has 4 aromatic rings. The minimum atomic E-state index is -0.531. The van der Waals surface area contributed by atoms with Crippen molar-refractivity contribution in [2.45, 2.75) is 0 Å². The molecule has 0 fully saturated rings. The fourth-order valence-electron chi connectivity index (χ4n) is 3.16. The molecule has 0 atom stereocenters. The van der Waals surface area contributed by atoms with Crippen LogP contribution in [0.1, 0.15) is 10.4 Å². The number of primary amides is 1. The Hall–Kier alpha value is -3.73. The second-order valence-corrected chi connectivity index (χ2v) is 6.10. The van der Waals surface area contributed by atoms with Gasteiger partial charge in [0, 0.05) is 40.3 Å². The number of nitrogens with zero attached hydrogens (tertiary/aromatic N) is 1. The van der Waals surface area contributed by atoms with E-state index in [0.717, 1.165) is 11.3 Å². The molecule has 132 valence electrons. The van der Waals surface area contributed by atoms with Crippen molar-refractivity contribution in [3.05, 3.63) is 90.5 Å². The van der Waals surface area contributed by atoms with Crippen molar-refractivity contribution in [2.24, 2.45) is 5.73 Å². The molecule has 5 heteroatoms. The molecule has 2 aromatic carbocycles. The summed E-state index contributed by atoms with van der Waals surface area (Å²) in [7, 11) is 0. The summed E-state index contributed by atoms with van der Waals surface area (Å²) in [5.74, 6) is -0.879. The molecule has 0 saturated carbocycles. The summed E-state index contributed by atoms with van der Waals surface area (Å²) in [6, 6.07) is 19.2. The van der Waals surface area contributed by atoms with E-state index in [1.165, 1.54) is 6.07 Å². The summed E-state index contributed by atoms with van der Waals surface area (Å²) in [4.78, 5) is 19.2. The van der Waals surface area contributed by atoms with Crippen LogP contribution in [0.3, 0.4) is 0 Å². The normalized spacial score (nSPS) is 10.7. The van der Waals surface area contributed by atoms with E-state index in [4.69, 9.17) is 5.73 Å². The molecule has 0 unspecified atom stereocenters. The van der Waals surface area contributed by atoms with E-state index in [9.17, 15) is 9.18 Å². The number of aromatic nitrogens is 2. The summed E-state index contributed by atoms with van der Waals surface area (Å²) in [5, 5.41) is 0. The predicted molar refractivity (Wildman–Crippen MR) is 103 cm³/mol. The lowest BCUT2D eigenvalue weighted by Gasteiger charge is -2.09. The van der Waals surface area contributed by atoms with E-state index in [2.05, 4.69) is 9.97 Å². The summed E-state index contributed by atoms with van der Waals surface area (Å²) in [6.07, 6.45) is 3.38. The number of nitrogens with two attached hydrogens (primary N) is 1. The van der Waals surface area contributed by atoms with Crippen molar-refractivity contribution in [1.82, 2.24) is 9.97 Å². The lowest BCUT2D eigenvalue weighted by atomic mass is 9.96. The van der Waals surface area contributed by atoms with Crippen LogP contribution in [-0.2, 0) is 0 Å². The number of hydrogen-bond acceptors (Lipinski definition) is 2. The van der Waals surface area contributed by atoms with E-state index in [0.29, 0.717) is 27.9 Å². The zero-order valence-corrected chi connectivity index (χ0v) is 14.3. The number of aromatic amines is 1. The van der Waals surface area contributed by atoms with E-state index in [-0.39, 0.29) is 5.82 Å². The molecule has 0 spiro atoms. The first-order valence-electron chi connectivity index (χ1n) is 8.42. The SMILES string of the molecule is NC(=O)c1ccccc1-c1cc(-c2ccncc2)[nH]c1-c1ccccc1F. The second-order valence-electron chi connectivity index (χ2n) is 6.10. The number of nitrogens with one attached hydrogen (secondary N) is 1. The quantitative estimate of drug-likeness (QED) is 0.558. The molecule has 2 heterocycles. The molecule has 0 saturated heterocycles. The third-order valence-electron chi connectivity index (χ3n) is 4.43. The first-order valence-corrected chi connectivity index (χ1v) is 8.42. The summed E-state index contributed by atoms with van der Waals surface area (Å²) in [5.41, 5.74) is 10.0. The average molecular weight is 357 g/mol. The van der Waals surface area contributed by atoms with Crippen molar-refractivity contribution in [1.29, 1.82) is 0 Å². The zero-order chi connectivity index (χ0) is 18.8. The molecule has 0 aliphatic rings. The van der Waals surface area contributed by atoms with Gasteiger partial charge in [0.15, 0.2) is 0 Å². The number of rotatable bonds is 4. The summed E-state index contributed by atoms with van der Waals surface area (Å²) < 4.78 is 14.5. The standard InChI is InChI=1S/C22H16FN3O/c23-19-8-4-3-7-17(19)21-18(15-5-1-2-6-16(15)22(24)27)13-20(26-21)14-9-11-25-12-10-14/h1-13,26H,(H2,24,27). The van der Waals surface area contributed by atoms with Gasteiger partial charge in [-0.15, -0.1) is 0 Å². The predicted octanol–water partition coefficient (Wildman–Crippen LogP) is 4.65. The van der Waals surface area contributed by atoms with E-state index in [1.807, 2.05) is 30.3 Å². The molecule has 0 aliphatic heterocycles. The van der Waals surface area contributed by atoms with Crippen molar-refractivity contribution in [3.63, 3.8) is 0 Å². The van der Waals surface area contributed by atoms with Gasteiger partial charge in [-0.2, -0.15) is 0 Å². The maximum absolute atomic E-state index is 14.5. The van der Waals surface area contributed by atoms with Gasteiger partial charge in [-0.1, -0.05) is 30.3 Å². The number of hydrogen-bond donors (Lipinski definition) is 2. The van der Waals surface area contributed by atoms with Gasteiger partial charge in [0.25, 0.3) is 0 Å². The Morgan fingerprint density at radius 1 is 0.889 bits per heavy atom. The zero-order valence-electron chi connectivity index (χ0n) is 14.3. The molecule has 27 heavy (non-hydrogen) atoms. The molecule has 2 aromatic heterocycles. The van der Waals surface area contributed by atoms with Crippen molar-refractivity contribution >= 4 is 5.91 Å². The maximum Gasteiger partial charge on any atom is 0.249 e. The summed E-state index contributed by atoms with van der Waals surface area (Å²) >= 11 is 0. The van der Waals surface area contributed by atoms with Gasteiger partial charge in [0.1, 0.15) is 5.82 Å². The van der Waals surface area contributed by atoms with Crippen LogP contribution in [0, 0.1) is 5.82 Å². The van der Waals surface area contributed by atoms with Gasteiger partial charge < -0.3 is 10.7 Å². The largest absolute Gasteiger partial charge is 0.366 e. The van der Waals surface area contributed by atoms with Gasteiger partial charge in [-0.05, 0) is 42.0 Å². The number of pyridine rings is 1. The highest BCUT2D eigenvalue weighted by Crippen LogP contribution is 2.38.